The van der Waals surface area contributed by atoms with Crippen LogP contribution in [0.3, 0.4) is 0 Å². The lowest BCUT2D eigenvalue weighted by atomic mass is 9.33. The zero-order valence-electron chi connectivity index (χ0n) is 69.2. The third kappa shape index (κ3) is 13.7. The van der Waals surface area contributed by atoms with Gasteiger partial charge in [-0.15, -0.1) is 0 Å². The number of anilines is 6. The summed E-state index contributed by atoms with van der Waals surface area (Å²) in [7, 11) is 0. The number of aromatic nitrogens is 4. The second kappa shape index (κ2) is 28.2. The Morgan fingerprint density at radius 3 is 1.03 bits per heavy atom. The van der Waals surface area contributed by atoms with E-state index in [2.05, 4.69) is 361 Å². The van der Waals surface area contributed by atoms with Gasteiger partial charge in [-0.05, 0) is 218 Å². The first kappa shape index (κ1) is 74.5. The Balaban J connectivity index is 0.930. The Labute approximate surface area is 684 Å². The van der Waals surface area contributed by atoms with Crippen molar-refractivity contribution in [1.29, 1.82) is 5.26 Å². The molecular formula is C108H96BN7. The van der Waals surface area contributed by atoms with Crippen LogP contribution in [0.2, 0.25) is 0 Å². The molecule has 0 amide bonds. The molecule has 14 aromatic carbocycles. The van der Waals surface area contributed by atoms with Crippen LogP contribution in [-0.4, -0.2) is 26.2 Å². The van der Waals surface area contributed by atoms with Crippen LogP contribution in [0.1, 0.15) is 137 Å². The van der Waals surface area contributed by atoms with E-state index in [4.69, 9.17) is 15.0 Å². The molecule has 0 spiro atoms. The number of hydrogen-bond acceptors (Lipinski definition) is 6. The van der Waals surface area contributed by atoms with Crippen molar-refractivity contribution in [2.24, 2.45) is 0 Å². The summed E-state index contributed by atoms with van der Waals surface area (Å²) in [6, 6.07) is 117. The van der Waals surface area contributed by atoms with E-state index in [1.165, 1.54) is 66.5 Å². The fourth-order valence-electron chi connectivity index (χ4n) is 17.1. The summed E-state index contributed by atoms with van der Waals surface area (Å²) in [6.45, 7) is 34.7. The molecule has 2 aliphatic heterocycles. The number of benzene rings is 14. The largest absolute Gasteiger partial charge is 0.311 e. The predicted molar refractivity (Wildman–Crippen MR) is 490 cm³/mol. The van der Waals surface area contributed by atoms with E-state index in [0.29, 0.717) is 28.6 Å². The Morgan fingerprint density at radius 1 is 0.267 bits per heavy atom. The molecule has 16 aromatic rings. The van der Waals surface area contributed by atoms with Crippen molar-refractivity contribution >= 4 is 79.0 Å². The van der Waals surface area contributed by atoms with Gasteiger partial charge in [0, 0.05) is 61.6 Å². The predicted octanol–water partition coefficient (Wildman–Crippen LogP) is 26.7. The van der Waals surface area contributed by atoms with Crippen LogP contribution in [-0.2, 0) is 27.1 Å². The first-order valence-corrected chi connectivity index (χ1v) is 40.8. The molecule has 2 aliphatic rings. The van der Waals surface area contributed by atoms with Gasteiger partial charge in [0.25, 0.3) is 6.71 Å². The first-order chi connectivity index (χ1) is 55.6. The molecule has 0 aliphatic carbocycles. The third-order valence-corrected chi connectivity index (χ3v) is 23.8. The average molecular weight is 1500 g/mol. The molecule has 4 heterocycles. The molecule has 0 bridgehead atoms. The molecule has 8 heteroatoms. The number of hydrogen-bond donors (Lipinski definition) is 0. The molecule has 0 radical (unpaired) electrons. The SMILES string of the molecule is CC(C)(C)c1cc(-c2ccc3c(c2)N(c2ccc(-c4ccccc4)cc2)c2cc(-c4ccc5c(c4)c4cc(C(C)(C)C)ccc4n5-c4ccc(C#N)cc4-c4nc(-c5ccccc5)nc(-c5ccccc5)n4)cc4c2B3c2ccc(-c3cc(C(C)(C)C)cc(C(C)(C)C)c3)cc2N4c2ccc(-c3ccccc3)cc2)cc(C(C)(C)C)c1. The molecule has 0 saturated heterocycles. The minimum atomic E-state index is -0.200. The van der Waals surface area contributed by atoms with Crippen molar-refractivity contribution in [3.8, 4) is 102 Å². The number of fused-ring (bicyclic) bond motifs is 7. The van der Waals surface area contributed by atoms with Crippen LogP contribution < -0.4 is 26.2 Å². The summed E-state index contributed by atoms with van der Waals surface area (Å²) in [6.07, 6.45) is 0. The molecule has 2 aromatic heterocycles. The summed E-state index contributed by atoms with van der Waals surface area (Å²) in [4.78, 5) is 20.9. The Hall–Kier alpha value is -13.0. The van der Waals surface area contributed by atoms with Crippen LogP contribution in [0.25, 0.3) is 117 Å². The van der Waals surface area contributed by atoms with Crippen LogP contribution in [0.5, 0.6) is 0 Å². The van der Waals surface area contributed by atoms with Gasteiger partial charge in [-0.2, -0.15) is 5.26 Å². The van der Waals surface area contributed by atoms with Gasteiger partial charge in [0.1, 0.15) is 0 Å². The van der Waals surface area contributed by atoms with Crippen molar-refractivity contribution in [3.05, 3.63) is 343 Å². The maximum atomic E-state index is 10.8. The first-order valence-electron chi connectivity index (χ1n) is 40.8. The Bertz CT molecular complexity index is 6220. The summed E-state index contributed by atoms with van der Waals surface area (Å²) >= 11 is 0. The zero-order valence-corrected chi connectivity index (χ0v) is 69.2. The highest BCUT2D eigenvalue weighted by atomic mass is 15.2. The number of rotatable bonds is 11. The quantitative estimate of drug-likeness (QED) is 0.120. The van der Waals surface area contributed by atoms with Crippen molar-refractivity contribution in [3.63, 3.8) is 0 Å². The highest BCUT2D eigenvalue weighted by Crippen LogP contribution is 2.51. The van der Waals surface area contributed by atoms with Gasteiger partial charge >= 0.3 is 0 Å². The highest BCUT2D eigenvalue weighted by Gasteiger charge is 2.45. The second-order valence-corrected chi connectivity index (χ2v) is 36.9. The highest BCUT2D eigenvalue weighted by molar-refractivity contribution is 7.00. The van der Waals surface area contributed by atoms with Crippen LogP contribution >= 0.6 is 0 Å². The lowest BCUT2D eigenvalue weighted by Crippen LogP contribution is -2.61. The van der Waals surface area contributed by atoms with E-state index in [9.17, 15) is 5.26 Å². The normalized spacial score (nSPS) is 12.9. The number of nitriles is 1. The van der Waals surface area contributed by atoms with Gasteiger partial charge in [-0.1, -0.05) is 322 Å². The molecule has 7 nitrogen and oxygen atoms in total. The van der Waals surface area contributed by atoms with E-state index in [1.54, 1.807) is 0 Å². The Kier molecular flexibility index (Phi) is 18.1. The van der Waals surface area contributed by atoms with Gasteiger partial charge in [0.2, 0.25) is 0 Å². The molecular weight excluding hydrogens is 1410 g/mol. The molecule has 18 rings (SSSR count). The van der Waals surface area contributed by atoms with Gasteiger partial charge in [0.15, 0.2) is 17.5 Å². The monoisotopic (exact) mass is 1500 g/mol. The van der Waals surface area contributed by atoms with Gasteiger partial charge in [-0.25, -0.2) is 15.0 Å². The summed E-state index contributed by atoms with van der Waals surface area (Å²) in [5.74, 6) is 1.55. The zero-order chi connectivity index (χ0) is 80.5. The fraction of sp³-hybridized carbons (Fsp3) is 0.185. The molecule has 0 atom stereocenters. The van der Waals surface area contributed by atoms with Crippen LogP contribution in [0.4, 0.5) is 34.1 Å². The van der Waals surface area contributed by atoms with Crippen molar-refractivity contribution in [1.82, 2.24) is 19.5 Å². The summed E-state index contributed by atoms with van der Waals surface area (Å²) in [5.41, 5.74) is 33.5. The van der Waals surface area contributed by atoms with E-state index >= 15 is 0 Å². The average Bonchev–Trinajstić information content (AvgIpc) is 0.718. The summed E-state index contributed by atoms with van der Waals surface area (Å²) < 4.78 is 2.36. The van der Waals surface area contributed by atoms with Crippen molar-refractivity contribution in [2.45, 2.75) is 131 Å². The third-order valence-electron chi connectivity index (χ3n) is 23.8. The van der Waals surface area contributed by atoms with Gasteiger partial charge in [0.05, 0.1) is 28.4 Å². The fourth-order valence-corrected chi connectivity index (χ4v) is 17.1. The van der Waals surface area contributed by atoms with Crippen LogP contribution in [0.15, 0.2) is 309 Å². The van der Waals surface area contributed by atoms with E-state index in [-0.39, 0.29) is 33.8 Å². The molecule has 0 N–H and O–H groups in total. The van der Waals surface area contributed by atoms with Gasteiger partial charge in [-0.3, -0.25) is 0 Å². The molecule has 0 fully saturated rings. The lowest BCUT2D eigenvalue weighted by Gasteiger charge is -2.45. The van der Waals surface area contributed by atoms with E-state index in [0.717, 1.165) is 106 Å². The molecule has 566 valence electrons. The lowest BCUT2D eigenvalue weighted by molar-refractivity contribution is 0.568. The van der Waals surface area contributed by atoms with E-state index < -0.39 is 0 Å². The maximum Gasteiger partial charge on any atom is 0.252 e. The minimum absolute atomic E-state index is 0.0991. The Morgan fingerprint density at radius 2 is 0.612 bits per heavy atom. The number of nitrogens with zero attached hydrogens (tertiary/aromatic N) is 7. The second-order valence-electron chi connectivity index (χ2n) is 36.9. The molecule has 116 heavy (non-hydrogen) atoms. The van der Waals surface area contributed by atoms with Gasteiger partial charge < -0.3 is 14.4 Å². The topological polar surface area (TPSA) is 73.9 Å². The van der Waals surface area contributed by atoms with E-state index in [1.807, 2.05) is 72.8 Å². The molecule has 0 unspecified atom stereocenters. The summed E-state index contributed by atoms with van der Waals surface area (Å²) in [5, 5.41) is 13.0. The molecule has 0 saturated carbocycles. The van der Waals surface area contributed by atoms with Crippen molar-refractivity contribution < 1.29 is 0 Å². The van der Waals surface area contributed by atoms with Crippen LogP contribution in [0, 0.1) is 11.3 Å². The van der Waals surface area contributed by atoms with Crippen molar-refractivity contribution in [2.75, 3.05) is 9.80 Å². The maximum absolute atomic E-state index is 10.8. The standard InChI is InChI=1S/C108H96BN7/c1-104(2,3)81-44-53-94-89(66-81)88-59-75(43-52-93(88)116(94)95-51-36-68(67-110)54-90(95)103-112-101(73-32-24-18-25-33-73)111-102(113-103)74-34-26-19-27-35-74)80-62-98-100-99(63-80)115(87-47-39-72(40-48-87)70-30-22-17-23-31-70)97-61-77(79-57-84(107(10,11)12)65-85(58-79)108(13,14)15)42-50-92(97)109(100)91-49-41-76(78-55-82(105(4,5)6)64-83(56-78)106(7,8)9)60-96(91)114(98)86-45-37-71(38-46-86)69-28-20-16-21-29-69/h16-66H,1-15H3. The smallest absolute Gasteiger partial charge is 0.252 e. The minimum Gasteiger partial charge on any atom is -0.311 e.